The predicted molar refractivity (Wildman–Crippen MR) is 123 cm³/mol. The van der Waals surface area contributed by atoms with Crippen molar-refractivity contribution >= 4 is 23.4 Å². The molecule has 0 radical (unpaired) electrons. The molecular weight excluding hydrogens is 388 g/mol. The number of rotatable bonds is 6. The molecule has 1 aliphatic rings. The third-order valence-electron chi connectivity index (χ3n) is 5.64. The first-order chi connectivity index (χ1) is 15.1. The van der Waals surface area contributed by atoms with Gasteiger partial charge in [0.05, 0.1) is 5.92 Å². The molecule has 0 spiro atoms. The van der Waals surface area contributed by atoms with Crippen molar-refractivity contribution in [1.29, 1.82) is 0 Å². The minimum absolute atomic E-state index is 0.0757. The number of aryl methyl sites for hydroxylation is 1. The number of nitrogens with zero attached hydrogens (tertiary/aromatic N) is 5. The second-order valence-electron chi connectivity index (χ2n) is 7.81. The highest BCUT2D eigenvalue weighted by Crippen LogP contribution is 2.23. The number of hydrogen-bond donors (Lipinski definition) is 1. The van der Waals surface area contributed by atoms with Crippen molar-refractivity contribution in [3.63, 3.8) is 0 Å². The van der Waals surface area contributed by atoms with Crippen molar-refractivity contribution in [2.24, 2.45) is 0 Å². The first-order valence-electron chi connectivity index (χ1n) is 10.8. The molecule has 31 heavy (non-hydrogen) atoms. The lowest BCUT2D eigenvalue weighted by atomic mass is 9.95. The van der Waals surface area contributed by atoms with E-state index in [1.165, 1.54) is 0 Å². The number of anilines is 3. The lowest BCUT2D eigenvalue weighted by molar-refractivity contribution is -0.133. The zero-order chi connectivity index (χ0) is 21.6. The molecule has 160 valence electrons. The second kappa shape index (κ2) is 9.55. The van der Waals surface area contributed by atoms with Crippen molar-refractivity contribution in [2.45, 2.75) is 26.2 Å². The van der Waals surface area contributed by atoms with Crippen LogP contribution in [0.5, 0.6) is 0 Å². The van der Waals surface area contributed by atoms with Crippen molar-refractivity contribution in [2.75, 3.05) is 36.4 Å². The minimum atomic E-state index is -0.0757. The molecule has 1 saturated heterocycles. The highest BCUT2D eigenvalue weighted by Gasteiger charge is 2.27. The third-order valence-corrected chi connectivity index (χ3v) is 5.64. The fourth-order valence-electron chi connectivity index (χ4n) is 3.85. The number of hydrogen-bond acceptors (Lipinski definition) is 6. The topological polar surface area (TPSA) is 74.2 Å². The number of benzene rings is 1. The fraction of sp³-hybridized carbons (Fsp3) is 0.333. The van der Waals surface area contributed by atoms with Gasteiger partial charge in [-0.3, -0.25) is 4.79 Å². The van der Waals surface area contributed by atoms with Gasteiger partial charge in [-0.15, -0.1) is 10.2 Å². The maximum atomic E-state index is 13.1. The van der Waals surface area contributed by atoms with E-state index in [0.29, 0.717) is 18.9 Å². The zero-order valence-corrected chi connectivity index (χ0v) is 18.0. The van der Waals surface area contributed by atoms with Crippen LogP contribution in [-0.4, -0.2) is 52.2 Å². The molecule has 0 aliphatic carbocycles. The van der Waals surface area contributed by atoms with Crippen LogP contribution < -0.4 is 10.2 Å². The van der Waals surface area contributed by atoms with Crippen LogP contribution >= 0.6 is 0 Å². The maximum absolute atomic E-state index is 13.1. The molecule has 3 heterocycles. The number of carbonyl (C=O) groups excluding carboxylic acids is 1. The largest absolute Gasteiger partial charge is 0.352 e. The molecule has 1 N–H and O–H groups in total. The van der Waals surface area contributed by atoms with Crippen molar-refractivity contribution in [3.05, 3.63) is 71.9 Å². The van der Waals surface area contributed by atoms with Crippen LogP contribution in [0.15, 0.2) is 60.8 Å². The van der Waals surface area contributed by atoms with E-state index < -0.39 is 0 Å². The summed E-state index contributed by atoms with van der Waals surface area (Å²) in [5.74, 6) is 2.36. The Morgan fingerprint density at radius 3 is 2.32 bits per heavy atom. The first kappa shape index (κ1) is 20.8. The highest BCUT2D eigenvalue weighted by molar-refractivity contribution is 5.84. The summed E-state index contributed by atoms with van der Waals surface area (Å²) >= 11 is 0. The molecule has 2 aromatic heterocycles. The first-order valence-corrected chi connectivity index (χ1v) is 10.8. The Labute approximate surface area is 183 Å². The highest BCUT2D eigenvalue weighted by atomic mass is 16.2. The smallest absolute Gasteiger partial charge is 0.230 e. The minimum Gasteiger partial charge on any atom is -0.352 e. The van der Waals surface area contributed by atoms with Crippen LogP contribution in [0.25, 0.3) is 0 Å². The Balaban J connectivity index is 1.34. The molecule has 7 nitrogen and oxygen atoms in total. The van der Waals surface area contributed by atoms with Gasteiger partial charge in [-0.2, -0.15) is 0 Å². The van der Waals surface area contributed by atoms with Crippen LogP contribution in [0, 0.1) is 6.92 Å². The Morgan fingerprint density at radius 2 is 1.71 bits per heavy atom. The average Bonchev–Trinajstić information content (AvgIpc) is 2.82. The molecule has 1 aromatic carbocycles. The van der Waals surface area contributed by atoms with Gasteiger partial charge in [-0.05, 0) is 42.7 Å². The lowest BCUT2D eigenvalue weighted by Gasteiger charge is -2.36. The number of amides is 1. The van der Waals surface area contributed by atoms with Gasteiger partial charge in [0.25, 0.3) is 0 Å². The van der Waals surface area contributed by atoms with Crippen LogP contribution in [0.3, 0.4) is 0 Å². The molecule has 1 atom stereocenters. The summed E-state index contributed by atoms with van der Waals surface area (Å²) in [5.41, 5.74) is 2.20. The molecular formula is C24H28N6O. The van der Waals surface area contributed by atoms with Gasteiger partial charge in [0.1, 0.15) is 5.82 Å². The summed E-state index contributed by atoms with van der Waals surface area (Å²) < 4.78 is 0. The van der Waals surface area contributed by atoms with Gasteiger partial charge in [0.2, 0.25) is 5.91 Å². The van der Waals surface area contributed by atoms with Crippen LogP contribution in [0.4, 0.5) is 17.5 Å². The molecule has 3 aromatic rings. The van der Waals surface area contributed by atoms with E-state index in [-0.39, 0.29) is 11.8 Å². The van der Waals surface area contributed by atoms with E-state index in [1.54, 1.807) is 0 Å². The average molecular weight is 417 g/mol. The molecule has 4 rings (SSSR count). The Kier molecular flexibility index (Phi) is 6.40. The van der Waals surface area contributed by atoms with Gasteiger partial charge >= 0.3 is 0 Å². The van der Waals surface area contributed by atoms with E-state index >= 15 is 0 Å². The second-order valence-corrected chi connectivity index (χ2v) is 7.81. The summed E-state index contributed by atoms with van der Waals surface area (Å²) in [4.78, 5) is 21.6. The van der Waals surface area contributed by atoms with Crippen molar-refractivity contribution in [1.82, 2.24) is 20.1 Å². The summed E-state index contributed by atoms with van der Waals surface area (Å²) in [6, 6.07) is 17.8. The number of nitrogens with one attached hydrogen (secondary N) is 1. The van der Waals surface area contributed by atoms with E-state index in [2.05, 4.69) is 32.3 Å². The Hall–Kier alpha value is -3.48. The molecule has 1 unspecified atom stereocenters. The van der Waals surface area contributed by atoms with E-state index in [1.807, 2.05) is 72.6 Å². The van der Waals surface area contributed by atoms with Gasteiger partial charge in [0.15, 0.2) is 11.6 Å². The molecule has 1 amide bonds. The van der Waals surface area contributed by atoms with Crippen LogP contribution in [0.1, 0.15) is 30.4 Å². The van der Waals surface area contributed by atoms with Crippen LogP contribution in [0.2, 0.25) is 0 Å². The lowest BCUT2D eigenvalue weighted by Crippen LogP contribution is -2.50. The number of carbonyl (C=O) groups is 1. The summed E-state index contributed by atoms with van der Waals surface area (Å²) in [7, 11) is 0. The number of aromatic nitrogens is 3. The SMILES string of the molecule is CCC(C(=O)N1CCN(c2ccc(Nc3ccc(C)cn3)nn2)CC1)c1ccccc1. The van der Waals surface area contributed by atoms with E-state index in [9.17, 15) is 4.79 Å². The maximum Gasteiger partial charge on any atom is 0.230 e. The predicted octanol–water partition coefficient (Wildman–Crippen LogP) is 3.77. The molecule has 1 fully saturated rings. The monoisotopic (exact) mass is 416 g/mol. The van der Waals surface area contributed by atoms with Gasteiger partial charge in [-0.25, -0.2) is 4.98 Å². The Morgan fingerprint density at radius 1 is 0.968 bits per heavy atom. The number of piperazine rings is 1. The van der Waals surface area contributed by atoms with Crippen LogP contribution in [-0.2, 0) is 4.79 Å². The van der Waals surface area contributed by atoms with Crippen molar-refractivity contribution < 1.29 is 4.79 Å². The van der Waals surface area contributed by atoms with Gasteiger partial charge in [0, 0.05) is 32.4 Å². The molecule has 7 heteroatoms. The van der Waals surface area contributed by atoms with Gasteiger partial charge < -0.3 is 15.1 Å². The normalized spacial score (nSPS) is 14.9. The molecule has 0 bridgehead atoms. The summed E-state index contributed by atoms with van der Waals surface area (Å²) in [5, 5.41) is 11.8. The van der Waals surface area contributed by atoms with Crippen molar-refractivity contribution in [3.8, 4) is 0 Å². The zero-order valence-electron chi connectivity index (χ0n) is 18.0. The fourth-order valence-corrected chi connectivity index (χ4v) is 3.85. The third kappa shape index (κ3) is 4.99. The van der Waals surface area contributed by atoms with Gasteiger partial charge in [-0.1, -0.05) is 43.3 Å². The Bertz CT molecular complexity index is 983. The molecule has 1 aliphatic heterocycles. The quantitative estimate of drug-likeness (QED) is 0.659. The number of pyridine rings is 1. The van der Waals surface area contributed by atoms with E-state index in [4.69, 9.17) is 0 Å². The molecule has 0 saturated carbocycles. The summed E-state index contributed by atoms with van der Waals surface area (Å²) in [6.45, 7) is 6.95. The van der Waals surface area contributed by atoms with E-state index in [0.717, 1.165) is 42.3 Å². The standard InChI is InChI=1S/C24H28N6O/c1-3-20(19-7-5-4-6-8-19)24(31)30-15-13-29(14-16-30)23-12-11-22(27-28-23)26-21-10-9-18(2)17-25-21/h4-12,17,20H,3,13-16H2,1-2H3,(H,25,26,27). The summed E-state index contributed by atoms with van der Waals surface area (Å²) in [6.07, 6.45) is 2.62.